The van der Waals surface area contributed by atoms with Crippen molar-refractivity contribution in [3.63, 3.8) is 0 Å². The quantitative estimate of drug-likeness (QED) is 0.895. The van der Waals surface area contributed by atoms with Crippen LogP contribution in [0.4, 0.5) is 0 Å². The molecule has 1 atom stereocenters. The summed E-state index contributed by atoms with van der Waals surface area (Å²) in [5.74, 6) is 0.931. The molecule has 0 spiro atoms. The molecule has 1 fully saturated rings. The fraction of sp³-hybridized carbons (Fsp3) is 0.545. The number of halogens is 2. The Labute approximate surface area is 120 Å². The first-order valence-electron chi connectivity index (χ1n) is 5.52. The van der Waals surface area contributed by atoms with Crippen LogP contribution in [0.15, 0.2) is 6.07 Å². The molecule has 1 aromatic heterocycles. The number of rotatable bonds is 3. The van der Waals surface area contributed by atoms with Gasteiger partial charge in [-0.3, -0.25) is 4.79 Å². The van der Waals surface area contributed by atoms with Crippen LogP contribution in [-0.4, -0.2) is 32.7 Å². The summed E-state index contributed by atoms with van der Waals surface area (Å²) >= 11 is 13.4. The van der Waals surface area contributed by atoms with E-state index in [0.717, 1.165) is 11.4 Å². The molecule has 2 N–H and O–H groups in total. The van der Waals surface area contributed by atoms with Crippen LogP contribution in [0.5, 0.6) is 0 Å². The second-order valence-electron chi connectivity index (χ2n) is 4.35. The summed E-state index contributed by atoms with van der Waals surface area (Å²) in [6, 6.07) is 1.71. The molecule has 1 aliphatic rings. The molecular weight excluding hydrogens is 295 g/mol. The van der Waals surface area contributed by atoms with Crippen molar-refractivity contribution >= 4 is 40.9 Å². The summed E-state index contributed by atoms with van der Waals surface area (Å²) in [6.45, 7) is 0.300. The van der Waals surface area contributed by atoms with Crippen molar-refractivity contribution in [1.29, 1.82) is 0 Å². The summed E-state index contributed by atoms with van der Waals surface area (Å²) in [5.41, 5.74) is -0.434. The summed E-state index contributed by atoms with van der Waals surface area (Å²) < 4.78 is 1.71. The van der Waals surface area contributed by atoms with Crippen LogP contribution in [-0.2, 0) is 18.4 Å². The lowest BCUT2D eigenvalue weighted by molar-refractivity contribution is -0.137. The van der Waals surface area contributed by atoms with E-state index in [1.165, 1.54) is 0 Å². The molecule has 4 nitrogen and oxygen atoms in total. The average Bonchev–Trinajstić information content (AvgIpc) is 2.88. The molecule has 7 heteroatoms. The zero-order valence-corrected chi connectivity index (χ0v) is 12.2. The van der Waals surface area contributed by atoms with Gasteiger partial charge >= 0.3 is 0 Å². The Balaban J connectivity index is 1.99. The molecule has 2 heterocycles. The predicted molar refractivity (Wildman–Crippen MR) is 74.2 cm³/mol. The number of carbonyl (C=O) groups is 1. The normalized spacial score (nSPS) is 23.3. The van der Waals surface area contributed by atoms with Gasteiger partial charge in [0.2, 0.25) is 0 Å². The largest absolute Gasteiger partial charge is 0.379 e. The fourth-order valence-corrected chi connectivity index (χ4v) is 3.48. The number of aliphatic hydroxyl groups is 1. The van der Waals surface area contributed by atoms with Gasteiger partial charge in [0.15, 0.2) is 5.60 Å². The molecule has 0 bridgehead atoms. The minimum Gasteiger partial charge on any atom is -0.379 e. The Hall–Kier alpha value is -0.360. The van der Waals surface area contributed by atoms with E-state index < -0.39 is 5.60 Å². The highest BCUT2D eigenvalue weighted by Gasteiger charge is 2.39. The molecule has 2 rings (SSSR count). The van der Waals surface area contributed by atoms with E-state index in [0.29, 0.717) is 28.9 Å². The van der Waals surface area contributed by atoms with Gasteiger partial charge in [-0.1, -0.05) is 23.2 Å². The van der Waals surface area contributed by atoms with Crippen molar-refractivity contribution in [2.24, 2.45) is 7.05 Å². The van der Waals surface area contributed by atoms with Crippen LogP contribution in [0, 0.1) is 0 Å². The lowest BCUT2D eigenvalue weighted by atomic mass is 10.0. The molecule has 0 aromatic carbocycles. The van der Waals surface area contributed by atoms with Gasteiger partial charge in [-0.05, 0) is 18.2 Å². The number of aromatic nitrogens is 1. The molecule has 1 amide bonds. The highest BCUT2D eigenvalue weighted by molar-refractivity contribution is 7.99. The van der Waals surface area contributed by atoms with Crippen molar-refractivity contribution in [2.45, 2.75) is 18.6 Å². The van der Waals surface area contributed by atoms with E-state index in [1.54, 1.807) is 29.4 Å². The minimum absolute atomic E-state index is 0.300. The van der Waals surface area contributed by atoms with E-state index in [2.05, 4.69) is 5.32 Å². The van der Waals surface area contributed by atoms with Crippen LogP contribution in [0.1, 0.15) is 12.1 Å². The smallest absolute Gasteiger partial charge is 0.253 e. The Morgan fingerprint density at radius 3 is 2.89 bits per heavy atom. The van der Waals surface area contributed by atoms with Gasteiger partial charge in [-0.15, -0.1) is 0 Å². The molecule has 0 aliphatic carbocycles. The Morgan fingerprint density at radius 1 is 1.67 bits per heavy atom. The summed E-state index contributed by atoms with van der Waals surface area (Å²) in [6.07, 6.45) is 0.498. The first kappa shape index (κ1) is 14.1. The zero-order chi connectivity index (χ0) is 13.3. The first-order chi connectivity index (χ1) is 8.44. The summed E-state index contributed by atoms with van der Waals surface area (Å²) in [7, 11) is 1.77. The van der Waals surface area contributed by atoms with E-state index in [-0.39, 0.29) is 5.91 Å². The third-order valence-corrected chi connectivity index (χ3v) is 5.09. The second-order valence-corrected chi connectivity index (χ2v) is 6.22. The van der Waals surface area contributed by atoms with Crippen LogP contribution in [0.2, 0.25) is 10.2 Å². The molecule has 0 radical (unpaired) electrons. The highest BCUT2D eigenvalue weighted by Crippen LogP contribution is 2.28. The number of hydrogen-bond donors (Lipinski definition) is 2. The van der Waals surface area contributed by atoms with Gasteiger partial charge in [0.1, 0.15) is 5.15 Å². The number of carbonyl (C=O) groups excluding carboxylic acids is 1. The maximum atomic E-state index is 11.9. The Bertz CT molecular complexity index is 470. The second kappa shape index (κ2) is 5.33. The third-order valence-electron chi connectivity index (χ3n) is 3.07. The summed E-state index contributed by atoms with van der Waals surface area (Å²) in [5, 5.41) is 13.7. The maximum Gasteiger partial charge on any atom is 0.253 e. The van der Waals surface area contributed by atoms with E-state index in [4.69, 9.17) is 23.2 Å². The Kier molecular flexibility index (Phi) is 4.16. The fourth-order valence-electron chi connectivity index (χ4n) is 1.83. The number of amides is 1. The zero-order valence-electron chi connectivity index (χ0n) is 9.87. The molecule has 1 aromatic rings. The number of thioether (sulfide) groups is 1. The van der Waals surface area contributed by atoms with Crippen LogP contribution >= 0.6 is 35.0 Å². The highest BCUT2D eigenvalue weighted by atomic mass is 35.5. The first-order valence-corrected chi connectivity index (χ1v) is 7.43. The topological polar surface area (TPSA) is 54.3 Å². The Morgan fingerprint density at radius 2 is 2.39 bits per heavy atom. The van der Waals surface area contributed by atoms with Gasteiger partial charge in [0, 0.05) is 18.5 Å². The van der Waals surface area contributed by atoms with E-state index in [1.807, 2.05) is 0 Å². The van der Waals surface area contributed by atoms with Crippen molar-refractivity contribution in [1.82, 2.24) is 9.88 Å². The number of nitrogens with one attached hydrogen (secondary N) is 1. The molecule has 1 aliphatic heterocycles. The number of hydrogen-bond acceptors (Lipinski definition) is 3. The lowest BCUT2D eigenvalue weighted by Gasteiger charge is -2.20. The van der Waals surface area contributed by atoms with Crippen molar-refractivity contribution in [3.8, 4) is 0 Å². The van der Waals surface area contributed by atoms with Crippen molar-refractivity contribution in [2.75, 3.05) is 11.5 Å². The molecule has 100 valence electrons. The molecule has 1 unspecified atom stereocenters. The molecule has 18 heavy (non-hydrogen) atoms. The van der Waals surface area contributed by atoms with Gasteiger partial charge in [0.25, 0.3) is 5.91 Å². The average molecular weight is 309 g/mol. The molecular formula is C11H14Cl2N2O2S. The van der Waals surface area contributed by atoms with Crippen molar-refractivity contribution in [3.05, 3.63) is 21.9 Å². The lowest BCUT2D eigenvalue weighted by Crippen LogP contribution is -2.46. The molecule has 1 saturated heterocycles. The van der Waals surface area contributed by atoms with Gasteiger partial charge in [0.05, 0.1) is 11.6 Å². The SMILES string of the molecule is Cn1c(CNC(=O)C2(O)CCSC2)cc(Cl)c1Cl. The van der Waals surface area contributed by atoms with Gasteiger partial charge in [-0.25, -0.2) is 0 Å². The van der Waals surface area contributed by atoms with Crippen LogP contribution in [0.3, 0.4) is 0 Å². The van der Waals surface area contributed by atoms with Crippen LogP contribution < -0.4 is 5.32 Å². The van der Waals surface area contributed by atoms with E-state index >= 15 is 0 Å². The standard InChI is InChI=1S/C11H14Cl2N2O2S/c1-15-7(4-8(12)9(15)13)5-14-10(16)11(17)2-3-18-6-11/h4,17H,2-3,5-6H2,1H3,(H,14,16). The summed E-state index contributed by atoms with van der Waals surface area (Å²) in [4.78, 5) is 11.9. The minimum atomic E-state index is -1.23. The van der Waals surface area contributed by atoms with Gasteiger partial charge in [-0.2, -0.15) is 11.8 Å². The van der Waals surface area contributed by atoms with Gasteiger partial charge < -0.3 is 15.0 Å². The van der Waals surface area contributed by atoms with Crippen LogP contribution in [0.25, 0.3) is 0 Å². The maximum absolute atomic E-state index is 11.9. The monoisotopic (exact) mass is 308 g/mol. The third kappa shape index (κ3) is 2.64. The predicted octanol–water partition coefficient (Wildman–Crippen LogP) is 1.82. The van der Waals surface area contributed by atoms with Crippen molar-refractivity contribution < 1.29 is 9.90 Å². The van der Waals surface area contributed by atoms with E-state index in [9.17, 15) is 9.90 Å². The number of nitrogens with zero attached hydrogens (tertiary/aromatic N) is 1. The molecule has 0 saturated carbocycles.